The molecule has 0 radical (unpaired) electrons. The molecule has 1 aromatic carbocycles. The van der Waals surface area contributed by atoms with Gasteiger partial charge >= 0.3 is 0 Å². The van der Waals surface area contributed by atoms with Gasteiger partial charge in [0.25, 0.3) is 0 Å². The summed E-state index contributed by atoms with van der Waals surface area (Å²) in [4.78, 5) is 20.5. The van der Waals surface area contributed by atoms with Gasteiger partial charge in [0.2, 0.25) is 5.91 Å². The van der Waals surface area contributed by atoms with E-state index in [2.05, 4.69) is 16.0 Å². The van der Waals surface area contributed by atoms with E-state index in [1.807, 2.05) is 47.6 Å². The molecule has 2 heterocycles. The van der Waals surface area contributed by atoms with Gasteiger partial charge in [-0.3, -0.25) is 14.7 Å². The minimum absolute atomic E-state index is 0.00855. The average Bonchev–Trinajstić information content (AvgIpc) is 2.62. The molecule has 1 aromatic heterocycles. The van der Waals surface area contributed by atoms with Crippen molar-refractivity contribution in [2.75, 3.05) is 26.7 Å². The lowest BCUT2D eigenvalue weighted by Crippen LogP contribution is -2.49. The van der Waals surface area contributed by atoms with Crippen LogP contribution >= 0.6 is 0 Å². The van der Waals surface area contributed by atoms with Gasteiger partial charge in [0, 0.05) is 51.1 Å². The van der Waals surface area contributed by atoms with E-state index in [9.17, 15) is 4.79 Å². The minimum atomic E-state index is 0.00855. The number of ether oxygens (including phenoxy) is 1. The number of piperazine rings is 1. The second kappa shape index (κ2) is 7.45. The zero-order valence-electron chi connectivity index (χ0n) is 14.2. The predicted molar refractivity (Wildman–Crippen MR) is 92.6 cm³/mol. The van der Waals surface area contributed by atoms with Crippen LogP contribution in [0.3, 0.4) is 0 Å². The summed E-state index contributed by atoms with van der Waals surface area (Å²) >= 11 is 0. The number of hydrogen-bond acceptors (Lipinski definition) is 4. The molecule has 3 rings (SSSR count). The maximum atomic E-state index is 12.1. The van der Waals surface area contributed by atoms with Gasteiger partial charge in [-0.2, -0.15) is 0 Å². The normalized spacial score (nSPS) is 18.4. The van der Waals surface area contributed by atoms with Gasteiger partial charge in [-0.1, -0.05) is 18.2 Å². The fourth-order valence-electron chi connectivity index (χ4n) is 3.31. The molecule has 5 nitrogen and oxygen atoms in total. The summed E-state index contributed by atoms with van der Waals surface area (Å²) in [6.45, 7) is 4.89. The lowest BCUT2D eigenvalue weighted by atomic mass is 10.0. The Labute approximate surface area is 142 Å². The quantitative estimate of drug-likeness (QED) is 0.866. The highest BCUT2D eigenvalue weighted by Crippen LogP contribution is 2.32. The number of para-hydroxylation sites is 1. The molecule has 1 saturated heterocycles. The van der Waals surface area contributed by atoms with Crippen LogP contribution in [-0.4, -0.2) is 47.4 Å². The Kier molecular flexibility index (Phi) is 5.11. The van der Waals surface area contributed by atoms with E-state index in [0.29, 0.717) is 0 Å². The van der Waals surface area contributed by atoms with Crippen molar-refractivity contribution in [2.45, 2.75) is 19.5 Å². The molecular weight excluding hydrogens is 302 g/mol. The van der Waals surface area contributed by atoms with Gasteiger partial charge in [-0.05, 0) is 23.8 Å². The van der Waals surface area contributed by atoms with E-state index < -0.39 is 0 Å². The largest absolute Gasteiger partial charge is 0.496 e. The zero-order valence-corrected chi connectivity index (χ0v) is 14.2. The van der Waals surface area contributed by atoms with Crippen LogP contribution in [0, 0.1) is 0 Å². The van der Waals surface area contributed by atoms with Crippen LogP contribution < -0.4 is 4.74 Å². The third-order valence-electron chi connectivity index (χ3n) is 4.52. The Hall–Kier alpha value is -2.40. The van der Waals surface area contributed by atoms with Gasteiger partial charge in [0.1, 0.15) is 5.75 Å². The molecule has 5 heteroatoms. The van der Waals surface area contributed by atoms with Crippen LogP contribution in [0.2, 0.25) is 0 Å². The molecule has 1 aliphatic rings. The van der Waals surface area contributed by atoms with E-state index >= 15 is 0 Å². The summed E-state index contributed by atoms with van der Waals surface area (Å²) in [5.74, 6) is 0.939. The van der Waals surface area contributed by atoms with E-state index in [4.69, 9.17) is 4.74 Å². The van der Waals surface area contributed by atoms with E-state index in [0.717, 1.165) is 37.5 Å². The minimum Gasteiger partial charge on any atom is -0.496 e. The highest BCUT2D eigenvalue weighted by Gasteiger charge is 2.31. The van der Waals surface area contributed by atoms with Crippen LogP contribution in [0.25, 0.3) is 0 Å². The molecule has 1 atom stereocenters. The third kappa shape index (κ3) is 3.57. The number of amides is 1. The number of benzene rings is 1. The number of methoxy groups -OCH3 is 1. The average molecular weight is 325 g/mol. The topological polar surface area (TPSA) is 45.7 Å². The maximum absolute atomic E-state index is 12.1. The number of rotatable bonds is 4. The van der Waals surface area contributed by atoms with Gasteiger partial charge in [0.15, 0.2) is 0 Å². The summed E-state index contributed by atoms with van der Waals surface area (Å²) in [6.07, 6.45) is 3.64. The summed E-state index contributed by atoms with van der Waals surface area (Å²) < 4.78 is 5.52. The van der Waals surface area contributed by atoms with Crippen LogP contribution in [0.15, 0.2) is 48.8 Å². The Morgan fingerprint density at radius 1 is 1.21 bits per heavy atom. The van der Waals surface area contributed by atoms with Crippen molar-refractivity contribution >= 4 is 5.91 Å². The van der Waals surface area contributed by atoms with Crippen molar-refractivity contribution in [1.29, 1.82) is 0 Å². The highest BCUT2D eigenvalue weighted by molar-refractivity contribution is 5.74. The lowest BCUT2D eigenvalue weighted by Gasteiger charge is -2.41. The smallest absolute Gasteiger partial charge is 0.220 e. The first kappa shape index (κ1) is 16.5. The number of hydrogen-bond donors (Lipinski definition) is 0. The Bertz CT molecular complexity index is 690. The number of pyridine rings is 1. The number of carbonyl (C=O) groups excluding carboxylic acids is 1. The fraction of sp³-hybridized carbons (Fsp3) is 0.368. The van der Waals surface area contributed by atoms with E-state index in [1.54, 1.807) is 14.0 Å². The van der Waals surface area contributed by atoms with Crippen molar-refractivity contribution in [1.82, 2.24) is 14.8 Å². The zero-order chi connectivity index (χ0) is 16.9. The van der Waals surface area contributed by atoms with Crippen LogP contribution in [-0.2, 0) is 11.3 Å². The standard InChI is InChI=1S/C19H23N3O2/c1-15(23)22-12-11-21(13-16-7-9-20-10-8-16)14-18(22)17-5-3-4-6-19(17)24-2/h3-10,18H,11-14H2,1-2H3. The summed E-state index contributed by atoms with van der Waals surface area (Å²) in [7, 11) is 1.68. The van der Waals surface area contributed by atoms with Crippen LogP contribution in [0.4, 0.5) is 0 Å². The summed E-state index contributed by atoms with van der Waals surface area (Å²) in [6, 6.07) is 12.0. The molecule has 0 spiro atoms. The van der Waals surface area contributed by atoms with Crippen molar-refractivity contribution in [3.05, 3.63) is 59.9 Å². The van der Waals surface area contributed by atoms with Gasteiger partial charge in [-0.15, -0.1) is 0 Å². The number of carbonyl (C=O) groups is 1. The molecule has 24 heavy (non-hydrogen) atoms. The summed E-state index contributed by atoms with van der Waals surface area (Å²) in [5, 5.41) is 0. The van der Waals surface area contributed by atoms with Gasteiger partial charge < -0.3 is 9.64 Å². The molecule has 1 fully saturated rings. The number of aromatic nitrogens is 1. The third-order valence-corrected chi connectivity index (χ3v) is 4.52. The number of nitrogens with zero attached hydrogens (tertiary/aromatic N) is 3. The van der Waals surface area contributed by atoms with Crippen molar-refractivity contribution < 1.29 is 9.53 Å². The van der Waals surface area contributed by atoms with Crippen LogP contribution in [0.1, 0.15) is 24.1 Å². The molecule has 0 bridgehead atoms. The van der Waals surface area contributed by atoms with Crippen molar-refractivity contribution in [3.63, 3.8) is 0 Å². The molecular formula is C19H23N3O2. The molecule has 0 saturated carbocycles. The summed E-state index contributed by atoms with van der Waals surface area (Å²) in [5.41, 5.74) is 2.30. The van der Waals surface area contributed by atoms with E-state index in [-0.39, 0.29) is 11.9 Å². The second-order valence-electron chi connectivity index (χ2n) is 6.06. The van der Waals surface area contributed by atoms with E-state index in [1.165, 1.54) is 5.56 Å². The SMILES string of the molecule is COc1ccccc1C1CN(Cc2ccncc2)CCN1C(C)=O. The fourth-order valence-corrected chi connectivity index (χ4v) is 3.31. The highest BCUT2D eigenvalue weighted by atomic mass is 16.5. The first-order valence-corrected chi connectivity index (χ1v) is 8.20. The second-order valence-corrected chi connectivity index (χ2v) is 6.06. The Morgan fingerprint density at radius 3 is 2.67 bits per heavy atom. The molecule has 1 amide bonds. The van der Waals surface area contributed by atoms with Crippen molar-refractivity contribution in [2.24, 2.45) is 0 Å². The first-order valence-electron chi connectivity index (χ1n) is 8.20. The molecule has 1 unspecified atom stereocenters. The van der Waals surface area contributed by atoms with Gasteiger partial charge in [0.05, 0.1) is 13.2 Å². The molecule has 126 valence electrons. The molecule has 0 N–H and O–H groups in total. The van der Waals surface area contributed by atoms with Crippen molar-refractivity contribution in [3.8, 4) is 5.75 Å². The molecule has 1 aliphatic heterocycles. The monoisotopic (exact) mass is 325 g/mol. The van der Waals surface area contributed by atoms with Gasteiger partial charge in [-0.25, -0.2) is 0 Å². The Balaban J connectivity index is 1.83. The first-order chi connectivity index (χ1) is 11.7. The Morgan fingerprint density at radius 2 is 1.96 bits per heavy atom. The maximum Gasteiger partial charge on any atom is 0.220 e. The molecule has 2 aromatic rings. The van der Waals surface area contributed by atoms with Crippen LogP contribution in [0.5, 0.6) is 5.75 Å². The predicted octanol–water partition coefficient (Wildman–Crippen LogP) is 2.50. The lowest BCUT2D eigenvalue weighted by molar-refractivity contribution is -0.134. The molecule has 0 aliphatic carbocycles.